The molecule has 0 spiro atoms. The molecule has 2 bridgehead atoms. The van der Waals surface area contributed by atoms with E-state index in [0.29, 0.717) is 18.9 Å². The van der Waals surface area contributed by atoms with Crippen molar-refractivity contribution in [2.24, 2.45) is 23.7 Å². The van der Waals surface area contributed by atoms with E-state index in [1.807, 2.05) is 30.3 Å². The topological polar surface area (TPSA) is 37.4 Å². The summed E-state index contributed by atoms with van der Waals surface area (Å²) in [5.41, 5.74) is 4.08. The van der Waals surface area contributed by atoms with Crippen LogP contribution in [0.1, 0.15) is 38.2 Å². The Morgan fingerprint density at radius 3 is 2.48 bits per heavy atom. The summed E-state index contributed by atoms with van der Waals surface area (Å²) in [5.74, 6) is 0.784. The summed E-state index contributed by atoms with van der Waals surface area (Å²) in [6.45, 7) is 2.54. The van der Waals surface area contributed by atoms with Gasteiger partial charge in [0, 0.05) is 11.8 Å². The SMILES string of the molecule is C[C@@H]1[C@@H](C(=O)N(C=O)Cc2ccccc2)[C@@H]2C=C[C@@H]1C2=C1CCCC1. The molecule has 0 N–H and O–H groups in total. The molecular weight excluding hydrogens is 310 g/mol. The van der Waals surface area contributed by atoms with Crippen molar-refractivity contribution in [3.63, 3.8) is 0 Å². The highest BCUT2D eigenvalue weighted by Gasteiger charge is 2.51. The first-order valence-corrected chi connectivity index (χ1v) is 9.40. The number of amides is 2. The Labute approximate surface area is 149 Å². The molecule has 0 saturated heterocycles. The number of imide groups is 1. The summed E-state index contributed by atoms with van der Waals surface area (Å²) in [4.78, 5) is 26.2. The molecule has 3 heteroatoms. The maximum Gasteiger partial charge on any atom is 0.233 e. The molecule has 0 heterocycles. The predicted molar refractivity (Wildman–Crippen MR) is 97.3 cm³/mol. The molecule has 3 aliphatic rings. The Hall–Kier alpha value is -2.16. The number of carbonyl (C=O) groups is 2. The van der Waals surface area contributed by atoms with E-state index < -0.39 is 0 Å². The molecule has 4 rings (SSSR count). The van der Waals surface area contributed by atoms with Gasteiger partial charge in [-0.25, -0.2) is 0 Å². The van der Waals surface area contributed by atoms with Crippen LogP contribution in [0.25, 0.3) is 0 Å². The van der Waals surface area contributed by atoms with Gasteiger partial charge in [0.2, 0.25) is 12.3 Å². The lowest BCUT2D eigenvalue weighted by Gasteiger charge is -2.27. The summed E-state index contributed by atoms with van der Waals surface area (Å²) in [6.07, 6.45) is 10.2. The zero-order valence-electron chi connectivity index (χ0n) is 14.7. The van der Waals surface area contributed by atoms with Crippen LogP contribution < -0.4 is 0 Å². The normalized spacial score (nSPS) is 30.1. The second kappa shape index (κ2) is 6.62. The summed E-state index contributed by atoms with van der Waals surface area (Å²) < 4.78 is 0. The van der Waals surface area contributed by atoms with Crippen molar-refractivity contribution in [2.75, 3.05) is 0 Å². The number of hydrogen-bond donors (Lipinski definition) is 0. The fourth-order valence-corrected chi connectivity index (χ4v) is 5.07. The fraction of sp³-hybridized carbons (Fsp3) is 0.455. The van der Waals surface area contributed by atoms with Crippen LogP contribution in [0.4, 0.5) is 0 Å². The predicted octanol–water partition coefficient (Wildman–Crippen LogP) is 4.11. The molecule has 0 radical (unpaired) electrons. The molecule has 0 aromatic heterocycles. The Morgan fingerprint density at radius 2 is 1.80 bits per heavy atom. The highest BCUT2D eigenvalue weighted by Crippen LogP contribution is 2.55. The van der Waals surface area contributed by atoms with Crippen molar-refractivity contribution >= 4 is 12.3 Å². The molecule has 25 heavy (non-hydrogen) atoms. The molecule has 1 aromatic rings. The molecule has 0 aliphatic heterocycles. The second-order valence-electron chi connectivity index (χ2n) is 7.64. The van der Waals surface area contributed by atoms with Gasteiger partial charge in [0.05, 0.1) is 12.5 Å². The van der Waals surface area contributed by atoms with E-state index in [1.54, 1.807) is 5.57 Å². The minimum absolute atomic E-state index is 0.0145. The molecule has 4 atom stereocenters. The van der Waals surface area contributed by atoms with Crippen molar-refractivity contribution in [1.82, 2.24) is 4.90 Å². The lowest BCUT2D eigenvalue weighted by molar-refractivity contribution is -0.143. The Bertz CT molecular complexity index is 726. The van der Waals surface area contributed by atoms with Crippen LogP contribution in [-0.2, 0) is 16.1 Å². The quantitative estimate of drug-likeness (QED) is 0.613. The molecule has 1 aromatic carbocycles. The van der Waals surface area contributed by atoms with Crippen LogP contribution in [0, 0.1) is 23.7 Å². The summed E-state index contributed by atoms with van der Waals surface area (Å²) in [7, 11) is 0. The average molecular weight is 335 g/mol. The zero-order chi connectivity index (χ0) is 17.4. The van der Waals surface area contributed by atoms with Crippen LogP contribution in [0.15, 0.2) is 53.6 Å². The molecule has 2 saturated carbocycles. The first-order valence-electron chi connectivity index (χ1n) is 9.40. The number of benzene rings is 1. The van der Waals surface area contributed by atoms with E-state index in [2.05, 4.69) is 19.1 Å². The Balaban J connectivity index is 1.58. The first kappa shape index (κ1) is 16.3. The monoisotopic (exact) mass is 335 g/mol. The number of carbonyl (C=O) groups excluding carboxylic acids is 2. The zero-order valence-corrected chi connectivity index (χ0v) is 14.7. The van der Waals surface area contributed by atoms with E-state index in [4.69, 9.17) is 0 Å². The van der Waals surface area contributed by atoms with Gasteiger partial charge < -0.3 is 0 Å². The van der Waals surface area contributed by atoms with Gasteiger partial charge in [-0.1, -0.05) is 60.6 Å². The Morgan fingerprint density at radius 1 is 1.12 bits per heavy atom. The molecular formula is C22H25NO2. The van der Waals surface area contributed by atoms with Gasteiger partial charge >= 0.3 is 0 Å². The van der Waals surface area contributed by atoms with Crippen molar-refractivity contribution < 1.29 is 9.59 Å². The molecule has 3 aliphatic carbocycles. The smallest absolute Gasteiger partial charge is 0.233 e. The van der Waals surface area contributed by atoms with Crippen molar-refractivity contribution in [2.45, 2.75) is 39.2 Å². The standard InChI is InChI=1S/C22H25NO2/c1-15-18-11-12-19(21(18)17-9-5-6-10-17)20(15)22(25)23(14-24)13-16-7-3-2-4-8-16/h2-4,7-8,11-12,14-15,18-20H,5-6,9-10,13H2,1H3/t15-,18-,19-,20+/m0/s1. The van der Waals surface area contributed by atoms with Gasteiger partial charge in [-0.3, -0.25) is 14.5 Å². The van der Waals surface area contributed by atoms with E-state index in [9.17, 15) is 9.59 Å². The van der Waals surface area contributed by atoms with Crippen LogP contribution >= 0.6 is 0 Å². The highest BCUT2D eigenvalue weighted by molar-refractivity contribution is 5.89. The van der Waals surface area contributed by atoms with Gasteiger partial charge in [0.25, 0.3) is 0 Å². The second-order valence-corrected chi connectivity index (χ2v) is 7.64. The van der Waals surface area contributed by atoms with Crippen LogP contribution in [0.3, 0.4) is 0 Å². The highest BCUT2D eigenvalue weighted by atomic mass is 16.2. The van der Waals surface area contributed by atoms with Crippen molar-refractivity contribution in [1.29, 1.82) is 0 Å². The lowest BCUT2D eigenvalue weighted by Crippen LogP contribution is -2.39. The minimum Gasteiger partial charge on any atom is -0.280 e. The average Bonchev–Trinajstić information content (AvgIpc) is 3.34. The maximum atomic E-state index is 13.2. The lowest BCUT2D eigenvalue weighted by atomic mass is 9.83. The number of rotatable bonds is 4. The van der Waals surface area contributed by atoms with Crippen LogP contribution in [0.5, 0.6) is 0 Å². The number of fused-ring (bicyclic) bond motifs is 2. The van der Waals surface area contributed by atoms with Gasteiger partial charge in [-0.05, 0) is 37.2 Å². The largest absolute Gasteiger partial charge is 0.280 e. The molecule has 3 nitrogen and oxygen atoms in total. The van der Waals surface area contributed by atoms with Crippen LogP contribution in [0.2, 0.25) is 0 Å². The third kappa shape index (κ3) is 2.76. The number of nitrogens with zero attached hydrogens (tertiary/aromatic N) is 1. The van der Waals surface area contributed by atoms with Gasteiger partial charge in [0.15, 0.2) is 0 Å². The van der Waals surface area contributed by atoms with Gasteiger partial charge in [-0.2, -0.15) is 0 Å². The number of allylic oxidation sites excluding steroid dienone is 4. The van der Waals surface area contributed by atoms with Gasteiger partial charge in [-0.15, -0.1) is 0 Å². The minimum atomic E-state index is -0.0907. The fourth-order valence-electron chi connectivity index (χ4n) is 5.07. The molecule has 0 unspecified atom stereocenters. The first-order chi connectivity index (χ1) is 12.2. The van der Waals surface area contributed by atoms with E-state index in [-0.39, 0.29) is 23.7 Å². The third-order valence-electron chi connectivity index (χ3n) is 6.27. The van der Waals surface area contributed by atoms with Crippen molar-refractivity contribution in [3.05, 3.63) is 59.2 Å². The van der Waals surface area contributed by atoms with E-state index >= 15 is 0 Å². The summed E-state index contributed by atoms with van der Waals surface area (Å²) in [5, 5.41) is 0. The van der Waals surface area contributed by atoms with Gasteiger partial charge in [0.1, 0.15) is 0 Å². The Kier molecular flexibility index (Phi) is 4.32. The third-order valence-corrected chi connectivity index (χ3v) is 6.27. The maximum absolute atomic E-state index is 13.2. The van der Waals surface area contributed by atoms with Crippen LogP contribution in [-0.4, -0.2) is 17.2 Å². The van der Waals surface area contributed by atoms with Crippen molar-refractivity contribution in [3.8, 4) is 0 Å². The summed E-state index contributed by atoms with van der Waals surface area (Å²) >= 11 is 0. The molecule has 130 valence electrons. The summed E-state index contributed by atoms with van der Waals surface area (Å²) in [6, 6.07) is 9.74. The van der Waals surface area contributed by atoms with E-state index in [1.165, 1.54) is 36.2 Å². The molecule has 2 amide bonds. The molecule has 2 fully saturated rings. The van der Waals surface area contributed by atoms with E-state index in [0.717, 1.165) is 5.56 Å². The number of hydrogen-bond acceptors (Lipinski definition) is 2.